The van der Waals surface area contributed by atoms with Crippen molar-refractivity contribution in [3.63, 3.8) is 0 Å². The minimum absolute atomic E-state index is 0.162. The second kappa shape index (κ2) is 6.38. The molecule has 4 heteroatoms. The number of hydrogen-bond acceptors (Lipinski definition) is 3. The van der Waals surface area contributed by atoms with Crippen molar-refractivity contribution < 1.29 is 4.39 Å². The number of piperazine rings is 1. The van der Waals surface area contributed by atoms with E-state index >= 15 is 0 Å². The quantitative estimate of drug-likeness (QED) is 0.829. The first-order valence-corrected chi connectivity index (χ1v) is 7.07. The van der Waals surface area contributed by atoms with E-state index in [1.165, 1.54) is 12.1 Å². The van der Waals surface area contributed by atoms with Crippen LogP contribution in [-0.4, -0.2) is 42.9 Å². The minimum atomic E-state index is -0.162. The first kappa shape index (κ1) is 12.9. The van der Waals surface area contributed by atoms with Crippen LogP contribution in [0.5, 0.6) is 0 Å². The van der Waals surface area contributed by atoms with Crippen LogP contribution in [0.1, 0.15) is 6.92 Å². The highest BCUT2D eigenvalue weighted by Crippen LogP contribution is 2.20. The van der Waals surface area contributed by atoms with E-state index in [1.54, 1.807) is 11.8 Å². The molecule has 2 nitrogen and oxygen atoms in total. The lowest BCUT2D eigenvalue weighted by Gasteiger charge is -2.32. The molecule has 0 aliphatic carbocycles. The van der Waals surface area contributed by atoms with Gasteiger partial charge in [-0.2, -0.15) is 0 Å². The second-order valence-electron chi connectivity index (χ2n) is 4.40. The van der Waals surface area contributed by atoms with Crippen LogP contribution >= 0.6 is 11.8 Å². The maximum Gasteiger partial charge on any atom is 0.123 e. The summed E-state index contributed by atoms with van der Waals surface area (Å²) >= 11 is 1.80. The van der Waals surface area contributed by atoms with Crippen molar-refractivity contribution in [3.8, 4) is 0 Å². The smallest absolute Gasteiger partial charge is 0.123 e. The number of nitrogens with one attached hydrogen (secondary N) is 1. The molecule has 1 N–H and O–H groups in total. The monoisotopic (exact) mass is 254 g/mol. The Morgan fingerprint density at radius 1 is 1.29 bits per heavy atom. The van der Waals surface area contributed by atoms with Gasteiger partial charge in [0.1, 0.15) is 5.82 Å². The summed E-state index contributed by atoms with van der Waals surface area (Å²) in [6.07, 6.45) is 0. The average Bonchev–Trinajstić information content (AvgIpc) is 2.39. The van der Waals surface area contributed by atoms with Crippen LogP contribution in [0.3, 0.4) is 0 Å². The van der Waals surface area contributed by atoms with E-state index in [0.717, 1.165) is 36.8 Å². The van der Waals surface area contributed by atoms with Crippen molar-refractivity contribution in [1.29, 1.82) is 0 Å². The van der Waals surface area contributed by atoms with Crippen molar-refractivity contribution in [2.45, 2.75) is 17.9 Å². The summed E-state index contributed by atoms with van der Waals surface area (Å²) in [4.78, 5) is 3.65. The van der Waals surface area contributed by atoms with Crippen molar-refractivity contribution in [3.05, 3.63) is 30.1 Å². The molecule has 0 radical (unpaired) electrons. The van der Waals surface area contributed by atoms with Gasteiger partial charge in [0.2, 0.25) is 0 Å². The van der Waals surface area contributed by atoms with E-state index in [0.29, 0.717) is 6.04 Å². The van der Waals surface area contributed by atoms with E-state index in [1.807, 2.05) is 12.1 Å². The normalized spacial score (nSPS) is 19.2. The van der Waals surface area contributed by atoms with Gasteiger partial charge >= 0.3 is 0 Å². The number of nitrogens with zero attached hydrogens (tertiary/aromatic N) is 1. The summed E-state index contributed by atoms with van der Waals surface area (Å²) in [5.41, 5.74) is 0. The predicted molar refractivity (Wildman–Crippen MR) is 71.0 cm³/mol. The summed E-state index contributed by atoms with van der Waals surface area (Å²) in [7, 11) is 0. The highest BCUT2D eigenvalue weighted by molar-refractivity contribution is 7.99. The zero-order valence-electron chi connectivity index (χ0n) is 10.2. The van der Waals surface area contributed by atoms with E-state index in [9.17, 15) is 4.39 Å². The fraction of sp³-hybridized carbons (Fsp3) is 0.538. The molecule has 1 aliphatic heterocycles. The predicted octanol–water partition coefficient (Wildman–Crippen LogP) is 2.21. The summed E-state index contributed by atoms with van der Waals surface area (Å²) < 4.78 is 12.8. The molecule has 0 bridgehead atoms. The first-order chi connectivity index (χ1) is 8.25. The van der Waals surface area contributed by atoms with Crippen LogP contribution in [0.4, 0.5) is 4.39 Å². The molecule has 1 aromatic rings. The third-order valence-corrected chi connectivity index (χ3v) is 4.33. The summed E-state index contributed by atoms with van der Waals surface area (Å²) in [6.45, 7) is 6.70. The van der Waals surface area contributed by atoms with Gasteiger partial charge in [-0.3, -0.25) is 4.90 Å². The maximum atomic E-state index is 12.8. The topological polar surface area (TPSA) is 15.3 Å². The maximum absolute atomic E-state index is 12.8. The van der Waals surface area contributed by atoms with Crippen molar-refractivity contribution in [2.24, 2.45) is 0 Å². The molecular formula is C13H19FN2S. The Bertz CT molecular complexity index is 336. The Morgan fingerprint density at radius 3 is 2.59 bits per heavy atom. The Morgan fingerprint density at radius 2 is 1.94 bits per heavy atom. The number of thioether (sulfide) groups is 1. The molecule has 1 aliphatic rings. The molecule has 1 unspecified atom stereocenters. The van der Waals surface area contributed by atoms with Crippen LogP contribution in [0.2, 0.25) is 0 Å². The molecule has 1 saturated heterocycles. The fourth-order valence-electron chi connectivity index (χ4n) is 1.98. The highest BCUT2D eigenvalue weighted by Gasteiger charge is 2.16. The number of hydrogen-bond donors (Lipinski definition) is 1. The number of benzene rings is 1. The van der Waals surface area contributed by atoms with E-state index in [2.05, 4.69) is 17.1 Å². The Kier molecular flexibility index (Phi) is 4.83. The third kappa shape index (κ3) is 3.98. The van der Waals surface area contributed by atoms with Crippen molar-refractivity contribution in [2.75, 3.05) is 31.9 Å². The molecule has 0 aromatic heterocycles. The Balaban J connectivity index is 1.78. The Hall–Kier alpha value is -0.580. The lowest BCUT2D eigenvalue weighted by Crippen LogP contribution is -2.48. The summed E-state index contributed by atoms with van der Waals surface area (Å²) in [6, 6.07) is 7.33. The number of rotatable bonds is 4. The fourth-order valence-corrected chi connectivity index (χ4v) is 2.95. The molecular weight excluding hydrogens is 235 g/mol. The van der Waals surface area contributed by atoms with Gasteiger partial charge in [0.25, 0.3) is 0 Å². The van der Waals surface area contributed by atoms with Gasteiger partial charge < -0.3 is 5.32 Å². The lowest BCUT2D eigenvalue weighted by molar-refractivity contribution is 0.198. The first-order valence-electron chi connectivity index (χ1n) is 6.09. The molecule has 1 fully saturated rings. The standard InChI is InChI=1S/C13H19FN2S/c1-11(16-8-6-15-7-9-16)10-17-13-4-2-12(14)3-5-13/h2-5,11,15H,6-10H2,1H3. The molecule has 1 heterocycles. The lowest BCUT2D eigenvalue weighted by atomic mass is 10.3. The van der Waals surface area contributed by atoms with E-state index < -0.39 is 0 Å². The van der Waals surface area contributed by atoms with Crippen LogP contribution in [0.25, 0.3) is 0 Å². The molecule has 94 valence electrons. The van der Waals surface area contributed by atoms with Crippen LogP contribution in [0, 0.1) is 5.82 Å². The molecule has 0 spiro atoms. The summed E-state index contributed by atoms with van der Waals surface area (Å²) in [5, 5.41) is 3.36. The zero-order valence-corrected chi connectivity index (χ0v) is 11.0. The largest absolute Gasteiger partial charge is 0.314 e. The van der Waals surface area contributed by atoms with Gasteiger partial charge in [-0.15, -0.1) is 11.8 Å². The molecule has 0 saturated carbocycles. The average molecular weight is 254 g/mol. The molecule has 1 atom stereocenters. The van der Waals surface area contributed by atoms with Crippen molar-refractivity contribution in [1.82, 2.24) is 10.2 Å². The van der Waals surface area contributed by atoms with Gasteiger partial charge in [0, 0.05) is 42.9 Å². The number of halogens is 1. The molecule has 2 rings (SSSR count). The van der Waals surface area contributed by atoms with Gasteiger partial charge in [0.05, 0.1) is 0 Å². The minimum Gasteiger partial charge on any atom is -0.314 e. The van der Waals surface area contributed by atoms with Gasteiger partial charge in [-0.1, -0.05) is 0 Å². The zero-order chi connectivity index (χ0) is 12.1. The second-order valence-corrected chi connectivity index (χ2v) is 5.49. The van der Waals surface area contributed by atoms with E-state index in [4.69, 9.17) is 0 Å². The van der Waals surface area contributed by atoms with Crippen LogP contribution in [-0.2, 0) is 0 Å². The van der Waals surface area contributed by atoms with E-state index in [-0.39, 0.29) is 5.82 Å². The molecule has 1 aromatic carbocycles. The van der Waals surface area contributed by atoms with Gasteiger partial charge in [-0.25, -0.2) is 4.39 Å². The Labute approximate surface area is 107 Å². The van der Waals surface area contributed by atoms with Crippen molar-refractivity contribution >= 4 is 11.8 Å². The van der Waals surface area contributed by atoms with Crippen LogP contribution < -0.4 is 5.32 Å². The third-order valence-electron chi connectivity index (χ3n) is 3.08. The van der Waals surface area contributed by atoms with Gasteiger partial charge in [0.15, 0.2) is 0 Å². The molecule has 0 amide bonds. The summed E-state index contributed by atoms with van der Waals surface area (Å²) in [5.74, 6) is 0.899. The molecule has 17 heavy (non-hydrogen) atoms. The van der Waals surface area contributed by atoms with Gasteiger partial charge in [-0.05, 0) is 31.2 Å². The highest BCUT2D eigenvalue weighted by atomic mass is 32.2. The van der Waals surface area contributed by atoms with Crippen LogP contribution in [0.15, 0.2) is 29.2 Å². The SMILES string of the molecule is CC(CSc1ccc(F)cc1)N1CCNCC1.